The zero-order valence-electron chi connectivity index (χ0n) is 11.5. The number of carboxylic acid groups (broad SMARTS) is 2. The summed E-state index contributed by atoms with van der Waals surface area (Å²) in [5.41, 5.74) is 3.83. The zero-order chi connectivity index (χ0) is 14.9. The number of hydrogen-bond donors (Lipinski definition) is 4. The lowest BCUT2D eigenvalue weighted by Crippen LogP contribution is -2.59. The molecule has 3 aliphatic carbocycles. The monoisotopic (exact) mass is 318 g/mol. The summed E-state index contributed by atoms with van der Waals surface area (Å²) >= 11 is 0. The minimum atomic E-state index is -1.46. The zero-order valence-corrected chi connectivity index (χ0v) is 12.4. The number of nitrogens with two attached hydrogens (primary N) is 1. The van der Waals surface area contributed by atoms with Crippen molar-refractivity contribution in [3.05, 3.63) is 0 Å². The van der Waals surface area contributed by atoms with Crippen molar-refractivity contribution >= 4 is 30.3 Å². The maximum atomic E-state index is 11.8. The van der Waals surface area contributed by atoms with Crippen LogP contribution in [0.3, 0.4) is 0 Å². The highest BCUT2D eigenvalue weighted by Crippen LogP contribution is 2.78. The molecule has 0 heterocycles. The quantitative estimate of drug-likeness (QED) is 0.569. The van der Waals surface area contributed by atoms with Crippen molar-refractivity contribution in [2.45, 2.75) is 37.8 Å². The Kier molecular flexibility index (Phi) is 3.50. The Hall–Kier alpha value is -1.34. The first-order chi connectivity index (χ1) is 9.25. The molecule has 0 aromatic rings. The van der Waals surface area contributed by atoms with Crippen LogP contribution in [-0.4, -0.2) is 39.6 Å². The Morgan fingerprint density at radius 3 is 2.19 bits per heavy atom. The van der Waals surface area contributed by atoms with Crippen LogP contribution in [0.1, 0.15) is 26.2 Å². The summed E-state index contributed by atoms with van der Waals surface area (Å²) < 4.78 is 0. The molecular weight excluding hydrogens is 300 g/mol. The molecule has 0 bridgehead atoms. The van der Waals surface area contributed by atoms with E-state index in [0.717, 1.165) is 12.8 Å². The fourth-order valence-corrected chi connectivity index (χ4v) is 4.19. The number of aliphatic carboxylic acids is 2. The van der Waals surface area contributed by atoms with Crippen LogP contribution in [0.15, 0.2) is 0 Å². The van der Waals surface area contributed by atoms with Crippen molar-refractivity contribution < 1.29 is 24.6 Å². The van der Waals surface area contributed by atoms with Crippen LogP contribution in [0.5, 0.6) is 0 Å². The van der Waals surface area contributed by atoms with E-state index in [0.29, 0.717) is 6.42 Å². The summed E-state index contributed by atoms with van der Waals surface area (Å²) in [6, 6.07) is -0.817. The van der Waals surface area contributed by atoms with Crippen molar-refractivity contribution in [1.29, 1.82) is 0 Å². The van der Waals surface area contributed by atoms with Crippen molar-refractivity contribution in [3.8, 4) is 0 Å². The Morgan fingerprint density at radius 1 is 1.24 bits per heavy atom. The van der Waals surface area contributed by atoms with Crippen molar-refractivity contribution in [3.63, 3.8) is 0 Å². The van der Waals surface area contributed by atoms with Gasteiger partial charge in [0, 0.05) is 5.92 Å². The number of carboxylic acids is 2. The molecule has 21 heavy (non-hydrogen) atoms. The van der Waals surface area contributed by atoms with Crippen LogP contribution < -0.4 is 11.1 Å². The number of halogens is 1. The average molecular weight is 319 g/mol. The van der Waals surface area contributed by atoms with E-state index in [2.05, 4.69) is 5.32 Å². The van der Waals surface area contributed by atoms with Gasteiger partial charge in [0.25, 0.3) is 0 Å². The first kappa shape index (κ1) is 16.0. The number of amides is 1. The second-order valence-electron chi connectivity index (χ2n) is 6.51. The Labute approximate surface area is 127 Å². The molecule has 7 nitrogen and oxygen atoms in total. The highest BCUT2D eigenvalue weighted by molar-refractivity contribution is 5.92. The lowest BCUT2D eigenvalue weighted by molar-refractivity contribution is -0.150. The van der Waals surface area contributed by atoms with E-state index in [1.54, 1.807) is 0 Å². The van der Waals surface area contributed by atoms with Crippen LogP contribution in [0, 0.1) is 23.2 Å². The summed E-state index contributed by atoms with van der Waals surface area (Å²) in [5.74, 6) is -3.94. The van der Waals surface area contributed by atoms with Gasteiger partial charge in [-0.25, -0.2) is 4.79 Å². The second-order valence-corrected chi connectivity index (χ2v) is 6.51. The molecule has 3 aliphatic rings. The summed E-state index contributed by atoms with van der Waals surface area (Å²) in [7, 11) is 0. The highest BCUT2D eigenvalue weighted by atomic mass is 35.5. The minimum Gasteiger partial charge on any atom is -0.481 e. The van der Waals surface area contributed by atoms with E-state index < -0.39 is 41.3 Å². The predicted molar refractivity (Wildman–Crippen MR) is 73.8 cm³/mol. The third-order valence-electron chi connectivity index (χ3n) is 5.25. The molecule has 0 aromatic carbocycles. The molecule has 0 unspecified atom stereocenters. The first-order valence-corrected chi connectivity index (χ1v) is 6.79. The molecule has 0 saturated heterocycles. The summed E-state index contributed by atoms with van der Waals surface area (Å²) in [6.45, 7) is 1.48. The molecule has 5 N–H and O–H groups in total. The molecule has 0 radical (unpaired) electrons. The number of nitrogens with one attached hydrogen (secondary N) is 1. The third-order valence-corrected chi connectivity index (χ3v) is 5.25. The van der Waals surface area contributed by atoms with Crippen molar-refractivity contribution in [2.24, 2.45) is 28.9 Å². The average Bonchev–Trinajstić information content (AvgIpc) is 3.17. The molecule has 1 amide bonds. The molecule has 118 valence electrons. The molecule has 3 fully saturated rings. The van der Waals surface area contributed by atoms with Crippen molar-refractivity contribution in [1.82, 2.24) is 5.32 Å². The van der Waals surface area contributed by atoms with Crippen LogP contribution in [0.4, 0.5) is 0 Å². The smallest absolute Gasteiger partial charge is 0.329 e. The lowest BCUT2D eigenvalue weighted by atomic mass is 9.84. The normalized spacial score (nSPS) is 38.9. The van der Waals surface area contributed by atoms with Crippen LogP contribution in [0.2, 0.25) is 0 Å². The van der Waals surface area contributed by atoms with Crippen LogP contribution >= 0.6 is 12.4 Å². The molecule has 1 spiro atoms. The van der Waals surface area contributed by atoms with E-state index in [9.17, 15) is 24.6 Å². The van der Waals surface area contributed by atoms with Gasteiger partial charge in [-0.2, -0.15) is 0 Å². The predicted octanol–water partition coefficient (Wildman–Crippen LogP) is -0.174. The van der Waals surface area contributed by atoms with Crippen LogP contribution in [0.25, 0.3) is 0 Å². The molecule has 0 aliphatic heterocycles. The third kappa shape index (κ3) is 2.02. The fourth-order valence-electron chi connectivity index (χ4n) is 4.19. The number of carbonyl (C=O) groups excluding carboxylic acids is 1. The van der Waals surface area contributed by atoms with E-state index in [1.807, 2.05) is 0 Å². The Bertz CT molecular complexity index is 519. The van der Waals surface area contributed by atoms with Gasteiger partial charge in [0.15, 0.2) is 0 Å². The number of rotatable bonds is 4. The highest BCUT2D eigenvalue weighted by Gasteiger charge is 2.82. The molecule has 3 saturated carbocycles. The van der Waals surface area contributed by atoms with Gasteiger partial charge in [-0.3, -0.25) is 9.59 Å². The molecule has 5 atom stereocenters. The molecule has 0 aromatic heterocycles. The summed E-state index contributed by atoms with van der Waals surface area (Å²) in [5, 5.41) is 21.4. The largest absolute Gasteiger partial charge is 0.481 e. The Morgan fingerprint density at radius 2 is 1.81 bits per heavy atom. The van der Waals surface area contributed by atoms with Gasteiger partial charge in [-0.1, -0.05) is 0 Å². The molecular formula is C13H19ClN2O5. The van der Waals surface area contributed by atoms with E-state index in [1.165, 1.54) is 6.92 Å². The summed E-state index contributed by atoms with van der Waals surface area (Å²) in [6.07, 6.45) is 2.02. The lowest BCUT2D eigenvalue weighted by Gasteiger charge is -2.31. The van der Waals surface area contributed by atoms with E-state index >= 15 is 0 Å². The SMILES string of the molecule is C[C@H](N)C(=O)N[C@@]1(C(=O)O)CC2(CC2)[C@H]2[C@H](C(=O)O)[C@H]21.Cl. The van der Waals surface area contributed by atoms with Crippen LogP contribution in [-0.2, 0) is 14.4 Å². The van der Waals surface area contributed by atoms with Gasteiger partial charge in [0.05, 0.1) is 12.0 Å². The maximum Gasteiger partial charge on any atom is 0.329 e. The first-order valence-electron chi connectivity index (χ1n) is 6.79. The van der Waals surface area contributed by atoms with Gasteiger partial charge in [-0.05, 0) is 37.5 Å². The van der Waals surface area contributed by atoms with E-state index in [4.69, 9.17) is 5.73 Å². The van der Waals surface area contributed by atoms with Crippen molar-refractivity contribution in [2.75, 3.05) is 0 Å². The number of fused-ring (bicyclic) bond motifs is 2. The topological polar surface area (TPSA) is 130 Å². The van der Waals surface area contributed by atoms with E-state index in [-0.39, 0.29) is 23.7 Å². The van der Waals surface area contributed by atoms with Gasteiger partial charge in [0.1, 0.15) is 5.54 Å². The molecule has 8 heteroatoms. The standard InChI is InChI=1S/C13H18N2O5.ClH/c1-5(14)9(16)15-13(11(19)20)4-12(2-3-12)7-6(8(7)13)10(17)18;/h5-8H,2-4,14H2,1H3,(H,15,16)(H,17,18)(H,19,20);1H/t5-,6-,7-,8+,13-;/m0./s1. The van der Waals surface area contributed by atoms with Gasteiger partial charge >= 0.3 is 11.9 Å². The second kappa shape index (κ2) is 4.58. The maximum absolute atomic E-state index is 11.8. The number of carbonyl (C=O) groups is 3. The van der Waals surface area contributed by atoms with Gasteiger partial charge in [0.2, 0.25) is 5.91 Å². The minimum absolute atomic E-state index is 0. The van der Waals surface area contributed by atoms with Gasteiger partial charge < -0.3 is 21.3 Å². The fraction of sp³-hybridized carbons (Fsp3) is 0.769. The van der Waals surface area contributed by atoms with Gasteiger partial charge in [-0.15, -0.1) is 12.4 Å². The summed E-state index contributed by atoms with van der Waals surface area (Å²) in [4.78, 5) is 34.9. The molecule has 3 rings (SSSR count). The Balaban J connectivity index is 0.00000161. The number of hydrogen-bond acceptors (Lipinski definition) is 4.